The van der Waals surface area contributed by atoms with Crippen LogP contribution in [0.4, 0.5) is 11.6 Å². The lowest BCUT2D eigenvalue weighted by Crippen LogP contribution is -2.16. The molecular formula is C15H16Cl2N4O. The maximum atomic E-state index is 12.2. The number of nitrogens with one attached hydrogen (secondary N) is 2. The molecule has 0 saturated heterocycles. The molecule has 0 unspecified atom stereocenters. The largest absolute Gasteiger partial charge is 0.354 e. The highest BCUT2D eigenvalue weighted by atomic mass is 35.5. The summed E-state index contributed by atoms with van der Waals surface area (Å²) in [5.74, 6) is 0.0587. The highest BCUT2D eigenvalue weighted by molar-refractivity contribution is 6.44. The first kappa shape index (κ1) is 16.5. The molecule has 1 aromatic carbocycles. The van der Waals surface area contributed by atoms with Crippen molar-refractivity contribution in [2.45, 2.75) is 19.8 Å². The third kappa shape index (κ3) is 4.32. The molecule has 0 atom stereocenters. The number of unbranched alkanes of at least 4 members (excludes halogenated alkanes) is 1. The second-order valence-electron chi connectivity index (χ2n) is 4.60. The van der Waals surface area contributed by atoms with Crippen LogP contribution in [0.5, 0.6) is 0 Å². The Kier molecular flexibility index (Phi) is 5.98. The van der Waals surface area contributed by atoms with Crippen molar-refractivity contribution in [1.82, 2.24) is 9.97 Å². The highest BCUT2D eigenvalue weighted by Crippen LogP contribution is 2.29. The van der Waals surface area contributed by atoms with Crippen molar-refractivity contribution in [3.8, 4) is 0 Å². The molecule has 1 aromatic heterocycles. The zero-order valence-electron chi connectivity index (χ0n) is 12.1. The molecule has 2 rings (SSSR count). The molecule has 0 spiro atoms. The van der Waals surface area contributed by atoms with E-state index < -0.39 is 0 Å². The number of carbonyl (C=O) groups is 1. The Morgan fingerprint density at radius 1 is 1.27 bits per heavy atom. The fourth-order valence-corrected chi connectivity index (χ4v) is 2.08. The summed E-state index contributed by atoms with van der Waals surface area (Å²) in [6.45, 7) is 2.86. The van der Waals surface area contributed by atoms with Gasteiger partial charge in [0.1, 0.15) is 5.69 Å². The Labute approximate surface area is 139 Å². The van der Waals surface area contributed by atoms with Gasteiger partial charge in [0.25, 0.3) is 5.91 Å². The lowest BCUT2D eigenvalue weighted by Gasteiger charge is -2.09. The summed E-state index contributed by atoms with van der Waals surface area (Å²) in [6.07, 6.45) is 3.62. The molecule has 0 bridgehead atoms. The average Bonchev–Trinajstić information content (AvgIpc) is 2.52. The molecule has 0 aliphatic carbocycles. The van der Waals surface area contributed by atoms with Gasteiger partial charge in [-0.2, -0.15) is 0 Å². The minimum absolute atomic E-state index is 0.255. The van der Waals surface area contributed by atoms with Gasteiger partial charge in [0, 0.05) is 12.7 Å². The molecule has 7 heteroatoms. The number of aromatic nitrogens is 2. The molecule has 2 aromatic rings. The minimum Gasteiger partial charge on any atom is -0.354 e. The number of rotatable bonds is 6. The van der Waals surface area contributed by atoms with Gasteiger partial charge in [-0.3, -0.25) is 4.79 Å². The van der Waals surface area contributed by atoms with Crippen LogP contribution >= 0.6 is 23.2 Å². The van der Waals surface area contributed by atoms with Gasteiger partial charge in [-0.25, -0.2) is 9.97 Å². The van der Waals surface area contributed by atoms with Crippen LogP contribution in [0.25, 0.3) is 0 Å². The van der Waals surface area contributed by atoms with E-state index in [1.54, 1.807) is 24.3 Å². The monoisotopic (exact) mass is 338 g/mol. The van der Waals surface area contributed by atoms with E-state index in [4.69, 9.17) is 23.2 Å². The van der Waals surface area contributed by atoms with E-state index in [-0.39, 0.29) is 11.6 Å². The van der Waals surface area contributed by atoms with E-state index in [0.717, 1.165) is 19.4 Å². The first-order valence-electron chi connectivity index (χ1n) is 6.94. The molecular weight excluding hydrogens is 323 g/mol. The Hall–Kier alpha value is -1.85. The number of amides is 1. The van der Waals surface area contributed by atoms with Gasteiger partial charge >= 0.3 is 0 Å². The smallest absolute Gasteiger partial charge is 0.274 e. The molecule has 1 amide bonds. The summed E-state index contributed by atoms with van der Waals surface area (Å²) in [6, 6.07) is 6.58. The fraction of sp³-hybridized carbons (Fsp3) is 0.267. The van der Waals surface area contributed by atoms with Crippen LogP contribution in [-0.2, 0) is 0 Å². The van der Waals surface area contributed by atoms with Gasteiger partial charge in [0.15, 0.2) is 0 Å². The van der Waals surface area contributed by atoms with E-state index in [9.17, 15) is 4.79 Å². The normalized spacial score (nSPS) is 10.3. The molecule has 0 fully saturated rings. The van der Waals surface area contributed by atoms with Crippen LogP contribution in [0, 0.1) is 0 Å². The first-order valence-corrected chi connectivity index (χ1v) is 7.69. The molecule has 5 nitrogen and oxygen atoms in total. The van der Waals surface area contributed by atoms with Crippen LogP contribution in [0.15, 0.2) is 30.5 Å². The van der Waals surface area contributed by atoms with E-state index in [0.29, 0.717) is 21.7 Å². The molecule has 0 saturated carbocycles. The molecule has 0 radical (unpaired) electrons. The van der Waals surface area contributed by atoms with E-state index in [2.05, 4.69) is 27.5 Å². The Morgan fingerprint density at radius 2 is 2.09 bits per heavy atom. The van der Waals surface area contributed by atoms with Crippen molar-refractivity contribution in [2.75, 3.05) is 17.2 Å². The van der Waals surface area contributed by atoms with E-state index in [1.165, 1.54) is 6.20 Å². The molecule has 1 heterocycles. The number of nitrogens with zero attached hydrogens (tertiary/aromatic N) is 2. The summed E-state index contributed by atoms with van der Waals surface area (Å²) in [5.41, 5.74) is 0.698. The number of carbonyl (C=O) groups excluding carboxylic acids is 1. The minimum atomic E-state index is -0.370. The van der Waals surface area contributed by atoms with Crippen molar-refractivity contribution in [2.24, 2.45) is 0 Å². The van der Waals surface area contributed by atoms with Crippen LogP contribution in [0.3, 0.4) is 0 Å². The average molecular weight is 339 g/mol. The molecule has 116 valence electrons. The standard InChI is InChI=1S/C15H16Cl2N4O/c1-2-3-8-18-15-19-9-7-12(21-15)14(22)20-11-6-4-5-10(16)13(11)17/h4-7,9H,2-3,8H2,1H3,(H,20,22)(H,18,19,21). The summed E-state index contributed by atoms with van der Waals surface area (Å²) >= 11 is 12.0. The number of benzene rings is 1. The molecule has 22 heavy (non-hydrogen) atoms. The number of hydrogen-bond acceptors (Lipinski definition) is 4. The van der Waals surface area contributed by atoms with E-state index >= 15 is 0 Å². The van der Waals surface area contributed by atoms with Crippen molar-refractivity contribution in [1.29, 1.82) is 0 Å². The quantitative estimate of drug-likeness (QED) is 0.772. The number of anilines is 2. The highest BCUT2D eigenvalue weighted by Gasteiger charge is 2.12. The van der Waals surface area contributed by atoms with Gasteiger partial charge in [-0.1, -0.05) is 42.6 Å². The summed E-state index contributed by atoms with van der Waals surface area (Å²) in [7, 11) is 0. The van der Waals surface area contributed by atoms with Crippen molar-refractivity contribution >= 4 is 40.7 Å². The SMILES string of the molecule is CCCCNc1nccc(C(=O)Nc2cccc(Cl)c2Cl)n1. The second-order valence-corrected chi connectivity index (χ2v) is 5.39. The zero-order chi connectivity index (χ0) is 15.9. The van der Waals surface area contributed by atoms with Gasteiger partial charge in [0.2, 0.25) is 5.95 Å². The topological polar surface area (TPSA) is 66.9 Å². The number of hydrogen-bond donors (Lipinski definition) is 2. The van der Waals surface area contributed by atoms with Gasteiger partial charge in [0.05, 0.1) is 15.7 Å². The zero-order valence-corrected chi connectivity index (χ0v) is 13.6. The van der Waals surface area contributed by atoms with E-state index in [1.807, 2.05) is 0 Å². The maximum Gasteiger partial charge on any atom is 0.274 e. The van der Waals surface area contributed by atoms with Gasteiger partial charge in [-0.15, -0.1) is 0 Å². The summed E-state index contributed by atoms with van der Waals surface area (Å²) in [4.78, 5) is 20.5. The Balaban J connectivity index is 2.09. The van der Waals surface area contributed by atoms with Crippen LogP contribution in [-0.4, -0.2) is 22.4 Å². The van der Waals surface area contributed by atoms with Crippen molar-refractivity contribution in [3.63, 3.8) is 0 Å². The maximum absolute atomic E-state index is 12.2. The Bertz CT molecular complexity index is 664. The molecule has 0 aliphatic heterocycles. The lowest BCUT2D eigenvalue weighted by molar-refractivity contribution is 0.102. The Morgan fingerprint density at radius 3 is 2.86 bits per heavy atom. The first-order chi connectivity index (χ1) is 10.6. The number of halogens is 2. The fourth-order valence-electron chi connectivity index (χ4n) is 1.73. The predicted molar refractivity (Wildman–Crippen MR) is 89.8 cm³/mol. The van der Waals surface area contributed by atoms with Crippen LogP contribution in [0.2, 0.25) is 10.0 Å². The molecule has 0 aliphatic rings. The van der Waals surface area contributed by atoms with Gasteiger partial charge in [-0.05, 0) is 24.6 Å². The van der Waals surface area contributed by atoms with Crippen molar-refractivity contribution < 1.29 is 4.79 Å². The van der Waals surface area contributed by atoms with Gasteiger partial charge < -0.3 is 10.6 Å². The predicted octanol–water partition coefficient (Wildman–Crippen LogP) is 4.25. The van der Waals surface area contributed by atoms with Crippen LogP contribution < -0.4 is 10.6 Å². The summed E-state index contributed by atoms with van der Waals surface area (Å²) < 4.78 is 0. The lowest BCUT2D eigenvalue weighted by atomic mass is 10.3. The second kappa shape index (κ2) is 7.96. The van der Waals surface area contributed by atoms with Crippen molar-refractivity contribution in [3.05, 3.63) is 46.2 Å². The van der Waals surface area contributed by atoms with Crippen LogP contribution in [0.1, 0.15) is 30.3 Å². The summed E-state index contributed by atoms with van der Waals surface area (Å²) in [5, 5.41) is 6.44. The third-order valence-corrected chi connectivity index (χ3v) is 3.72. The molecule has 2 N–H and O–H groups in total. The third-order valence-electron chi connectivity index (χ3n) is 2.90.